The third-order valence-corrected chi connectivity index (χ3v) is 6.24. The number of methoxy groups -OCH3 is 3. The molecule has 2 aromatic carbocycles. The van der Waals surface area contributed by atoms with E-state index in [1.165, 1.54) is 27.4 Å². The third-order valence-electron chi connectivity index (χ3n) is 5.90. The number of ketones is 1. The minimum Gasteiger partial charge on any atom is -0.493 e. The first-order valence-corrected chi connectivity index (χ1v) is 9.96. The molecule has 1 aliphatic carbocycles. The molecule has 1 aliphatic heterocycles. The smallest absolute Gasteiger partial charge is 0.242 e. The molecular formula is C23H22ClNO5. The summed E-state index contributed by atoms with van der Waals surface area (Å²) >= 11 is 6.48. The quantitative estimate of drug-likeness (QED) is 0.724. The van der Waals surface area contributed by atoms with Gasteiger partial charge in [-0.05, 0) is 24.6 Å². The van der Waals surface area contributed by atoms with Gasteiger partial charge in [-0.25, -0.2) is 0 Å². The highest BCUT2D eigenvalue weighted by Crippen LogP contribution is 2.61. The fraction of sp³-hybridized carbons (Fsp3) is 0.304. The van der Waals surface area contributed by atoms with Crippen LogP contribution < -0.4 is 19.1 Å². The van der Waals surface area contributed by atoms with Gasteiger partial charge in [0.15, 0.2) is 17.3 Å². The zero-order chi connectivity index (χ0) is 21.6. The van der Waals surface area contributed by atoms with E-state index < -0.39 is 11.3 Å². The van der Waals surface area contributed by atoms with Gasteiger partial charge in [0.05, 0.1) is 32.9 Å². The molecule has 156 valence electrons. The first kappa shape index (κ1) is 20.3. The molecule has 1 heterocycles. The molecule has 30 heavy (non-hydrogen) atoms. The van der Waals surface area contributed by atoms with Gasteiger partial charge in [0.2, 0.25) is 11.7 Å². The van der Waals surface area contributed by atoms with E-state index in [0.717, 1.165) is 0 Å². The number of rotatable bonds is 5. The lowest BCUT2D eigenvalue weighted by molar-refractivity contribution is -0.125. The second kappa shape index (κ2) is 7.36. The number of amides is 1. The third kappa shape index (κ3) is 2.50. The molecule has 2 aliphatic rings. The average Bonchev–Trinajstić information content (AvgIpc) is 3.21. The van der Waals surface area contributed by atoms with Crippen molar-refractivity contribution in [3.8, 4) is 17.2 Å². The van der Waals surface area contributed by atoms with E-state index in [2.05, 4.69) is 0 Å². The molecule has 6 nitrogen and oxygen atoms in total. The van der Waals surface area contributed by atoms with Crippen molar-refractivity contribution < 1.29 is 23.8 Å². The summed E-state index contributed by atoms with van der Waals surface area (Å²) < 4.78 is 16.8. The van der Waals surface area contributed by atoms with Crippen molar-refractivity contribution in [2.45, 2.75) is 18.3 Å². The summed E-state index contributed by atoms with van der Waals surface area (Å²) in [5.41, 5.74) is 0.538. The van der Waals surface area contributed by atoms with Crippen molar-refractivity contribution in [3.63, 3.8) is 0 Å². The maximum Gasteiger partial charge on any atom is 0.242 e. The standard InChI is InChI=1S/C23H22ClNO5/c1-5-25-15-12-17(28-2)20(29-3)21(30-4)19(15)23(22(25)27)11-10-16(26)18(23)13-8-6-7-9-14(13)24/h6-12,18H,5H2,1-4H3/t18-,23+/m0/s1. The number of hydrogen-bond acceptors (Lipinski definition) is 5. The van der Waals surface area contributed by atoms with Crippen LogP contribution in [0.1, 0.15) is 24.0 Å². The molecule has 0 bridgehead atoms. The second-order valence-corrected chi connectivity index (χ2v) is 7.56. The van der Waals surface area contributed by atoms with Gasteiger partial charge in [-0.1, -0.05) is 35.9 Å². The number of benzene rings is 2. The van der Waals surface area contributed by atoms with E-state index in [0.29, 0.717) is 45.6 Å². The van der Waals surface area contributed by atoms with Gasteiger partial charge in [0.1, 0.15) is 5.41 Å². The molecular weight excluding hydrogens is 406 g/mol. The normalized spacial score (nSPS) is 22.0. The Kier molecular flexibility index (Phi) is 4.98. The van der Waals surface area contributed by atoms with Crippen LogP contribution in [0.25, 0.3) is 0 Å². The van der Waals surface area contributed by atoms with Crippen LogP contribution in [0.3, 0.4) is 0 Å². The Balaban J connectivity index is 2.10. The molecule has 0 radical (unpaired) electrons. The maximum atomic E-state index is 13.9. The van der Waals surface area contributed by atoms with Crippen LogP contribution in [0.4, 0.5) is 5.69 Å². The van der Waals surface area contributed by atoms with Crippen molar-refractivity contribution in [1.29, 1.82) is 0 Å². The number of hydrogen-bond donors (Lipinski definition) is 0. The number of carbonyl (C=O) groups excluding carboxylic acids is 2. The zero-order valence-electron chi connectivity index (χ0n) is 17.2. The summed E-state index contributed by atoms with van der Waals surface area (Å²) in [6.45, 7) is 2.30. The van der Waals surface area contributed by atoms with Crippen molar-refractivity contribution in [2.75, 3.05) is 32.8 Å². The van der Waals surface area contributed by atoms with Gasteiger partial charge < -0.3 is 19.1 Å². The highest BCUT2D eigenvalue weighted by molar-refractivity contribution is 6.32. The summed E-state index contributed by atoms with van der Waals surface area (Å²) in [5.74, 6) is -0.0140. The van der Waals surface area contributed by atoms with Crippen LogP contribution in [0.5, 0.6) is 17.2 Å². The van der Waals surface area contributed by atoms with Crippen molar-refractivity contribution in [3.05, 3.63) is 58.6 Å². The van der Waals surface area contributed by atoms with Crippen molar-refractivity contribution in [1.82, 2.24) is 0 Å². The molecule has 0 N–H and O–H groups in total. The van der Waals surface area contributed by atoms with Crippen LogP contribution in [0.15, 0.2) is 42.5 Å². The van der Waals surface area contributed by atoms with E-state index in [-0.39, 0.29) is 11.7 Å². The van der Waals surface area contributed by atoms with Crippen LogP contribution in [-0.4, -0.2) is 39.6 Å². The van der Waals surface area contributed by atoms with Crippen molar-refractivity contribution >= 4 is 29.0 Å². The Hall–Kier alpha value is -2.99. The van der Waals surface area contributed by atoms with Gasteiger partial charge in [0.25, 0.3) is 0 Å². The van der Waals surface area contributed by atoms with Crippen LogP contribution >= 0.6 is 11.6 Å². The number of ether oxygens (including phenoxy) is 3. The lowest BCUT2D eigenvalue weighted by Gasteiger charge is -2.30. The predicted molar refractivity (Wildman–Crippen MR) is 114 cm³/mol. The van der Waals surface area contributed by atoms with E-state index in [1.807, 2.05) is 13.0 Å². The molecule has 1 spiro atoms. The molecule has 1 amide bonds. The fourth-order valence-corrected chi connectivity index (χ4v) is 4.92. The monoisotopic (exact) mass is 427 g/mol. The first-order valence-electron chi connectivity index (χ1n) is 9.59. The molecule has 0 saturated carbocycles. The minimum absolute atomic E-state index is 0.183. The number of carbonyl (C=O) groups is 2. The predicted octanol–water partition coefficient (Wildman–Crippen LogP) is 3.89. The lowest BCUT2D eigenvalue weighted by Crippen LogP contribution is -2.43. The molecule has 2 atom stereocenters. The zero-order valence-corrected chi connectivity index (χ0v) is 17.9. The molecule has 7 heteroatoms. The molecule has 2 aromatic rings. The summed E-state index contributed by atoms with van der Waals surface area (Å²) in [4.78, 5) is 28.6. The van der Waals surface area contributed by atoms with Gasteiger partial charge in [-0.15, -0.1) is 0 Å². The van der Waals surface area contributed by atoms with E-state index >= 15 is 0 Å². The number of anilines is 1. The van der Waals surface area contributed by atoms with Crippen LogP contribution in [0, 0.1) is 0 Å². The van der Waals surface area contributed by atoms with Gasteiger partial charge in [0, 0.05) is 23.2 Å². The number of likely N-dealkylation sites (N-methyl/N-ethyl adjacent to an activating group) is 1. The van der Waals surface area contributed by atoms with E-state index in [1.54, 1.807) is 35.2 Å². The van der Waals surface area contributed by atoms with Gasteiger partial charge in [-0.3, -0.25) is 9.59 Å². The van der Waals surface area contributed by atoms with E-state index in [4.69, 9.17) is 25.8 Å². The Morgan fingerprint density at radius 2 is 1.77 bits per heavy atom. The Labute approximate surface area is 180 Å². The summed E-state index contributed by atoms with van der Waals surface area (Å²) in [7, 11) is 4.54. The summed E-state index contributed by atoms with van der Waals surface area (Å²) in [6, 6.07) is 8.87. The van der Waals surface area contributed by atoms with E-state index in [9.17, 15) is 9.59 Å². The number of nitrogens with zero attached hydrogens (tertiary/aromatic N) is 1. The average molecular weight is 428 g/mol. The van der Waals surface area contributed by atoms with Gasteiger partial charge in [-0.2, -0.15) is 0 Å². The number of halogens is 1. The molecule has 0 saturated heterocycles. The highest BCUT2D eigenvalue weighted by Gasteiger charge is 2.61. The minimum atomic E-state index is -1.28. The number of allylic oxidation sites excluding steroid dienone is 1. The highest BCUT2D eigenvalue weighted by atomic mass is 35.5. The Morgan fingerprint density at radius 3 is 2.37 bits per heavy atom. The Morgan fingerprint density at radius 1 is 1.07 bits per heavy atom. The number of fused-ring (bicyclic) bond motifs is 2. The van der Waals surface area contributed by atoms with Crippen LogP contribution in [0.2, 0.25) is 5.02 Å². The van der Waals surface area contributed by atoms with Crippen LogP contribution in [-0.2, 0) is 15.0 Å². The molecule has 0 aromatic heterocycles. The lowest BCUT2D eigenvalue weighted by atomic mass is 9.69. The summed E-state index contributed by atoms with van der Waals surface area (Å²) in [5, 5.41) is 0.433. The largest absolute Gasteiger partial charge is 0.493 e. The Bertz CT molecular complexity index is 1080. The first-order chi connectivity index (χ1) is 14.5. The second-order valence-electron chi connectivity index (χ2n) is 7.15. The summed E-state index contributed by atoms with van der Waals surface area (Å²) in [6.07, 6.45) is 3.14. The topological polar surface area (TPSA) is 65.1 Å². The molecule has 0 fully saturated rings. The maximum absolute atomic E-state index is 13.9. The molecule has 4 rings (SSSR count). The van der Waals surface area contributed by atoms with Crippen molar-refractivity contribution in [2.24, 2.45) is 0 Å². The molecule has 0 unspecified atom stereocenters. The fourth-order valence-electron chi connectivity index (χ4n) is 4.67. The SMILES string of the molecule is CCN1C(=O)[C@@]2(C=CC(=O)[C@@H]2c2ccccc2Cl)c2c1cc(OC)c(OC)c2OC. The van der Waals surface area contributed by atoms with Gasteiger partial charge >= 0.3 is 0 Å².